The SMILES string of the molecule is CCNC(=NCCCOC)NC1CCN(c2cc(OC)cc(OC)c2)C1. The first kappa shape index (κ1) is 20.2. The number of anilines is 1. The molecule has 0 radical (unpaired) electrons. The van der Waals surface area contributed by atoms with Gasteiger partial charge in [-0.3, -0.25) is 4.99 Å². The van der Waals surface area contributed by atoms with E-state index in [1.165, 1.54) is 0 Å². The molecule has 1 aromatic rings. The average molecular weight is 364 g/mol. The molecular weight excluding hydrogens is 332 g/mol. The predicted molar refractivity (Wildman–Crippen MR) is 106 cm³/mol. The molecule has 1 aliphatic heterocycles. The molecule has 0 aromatic heterocycles. The maximum absolute atomic E-state index is 5.38. The molecule has 0 saturated carbocycles. The van der Waals surface area contributed by atoms with Gasteiger partial charge in [0.2, 0.25) is 0 Å². The quantitative estimate of drug-likeness (QED) is 0.396. The third-order valence-corrected chi connectivity index (χ3v) is 4.35. The lowest BCUT2D eigenvalue weighted by atomic mass is 10.2. The topological polar surface area (TPSA) is 67.4 Å². The molecule has 7 heteroatoms. The number of ether oxygens (including phenoxy) is 3. The Morgan fingerprint density at radius 3 is 2.54 bits per heavy atom. The van der Waals surface area contributed by atoms with Crippen molar-refractivity contribution in [3.8, 4) is 11.5 Å². The molecule has 7 nitrogen and oxygen atoms in total. The van der Waals surface area contributed by atoms with E-state index in [0.29, 0.717) is 6.04 Å². The van der Waals surface area contributed by atoms with Crippen LogP contribution in [0.15, 0.2) is 23.2 Å². The van der Waals surface area contributed by atoms with Gasteiger partial charge in [0.05, 0.1) is 14.2 Å². The highest BCUT2D eigenvalue weighted by atomic mass is 16.5. The van der Waals surface area contributed by atoms with Gasteiger partial charge in [0, 0.05) is 69.8 Å². The van der Waals surface area contributed by atoms with Crippen LogP contribution >= 0.6 is 0 Å². The standard InChI is InChI=1S/C19H32N4O3/c1-5-20-19(21-8-6-10-24-2)22-15-7-9-23(14-15)16-11-17(25-3)13-18(12-16)26-4/h11-13,15H,5-10,14H2,1-4H3,(H2,20,21,22). The summed E-state index contributed by atoms with van der Waals surface area (Å²) in [5.74, 6) is 2.49. The van der Waals surface area contributed by atoms with Crippen molar-refractivity contribution in [1.82, 2.24) is 10.6 Å². The van der Waals surface area contributed by atoms with Gasteiger partial charge < -0.3 is 29.7 Å². The van der Waals surface area contributed by atoms with Crippen molar-refractivity contribution in [2.24, 2.45) is 4.99 Å². The zero-order valence-electron chi connectivity index (χ0n) is 16.4. The molecule has 1 fully saturated rings. The summed E-state index contributed by atoms with van der Waals surface area (Å²) >= 11 is 0. The Balaban J connectivity index is 1.96. The minimum Gasteiger partial charge on any atom is -0.497 e. The van der Waals surface area contributed by atoms with E-state index in [1.807, 2.05) is 6.07 Å². The van der Waals surface area contributed by atoms with Crippen molar-refractivity contribution < 1.29 is 14.2 Å². The fourth-order valence-corrected chi connectivity index (χ4v) is 3.00. The van der Waals surface area contributed by atoms with Crippen molar-refractivity contribution in [3.05, 3.63) is 18.2 Å². The summed E-state index contributed by atoms with van der Waals surface area (Å²) in [4.78, 5) is 6.97. The summed E-state index contributed by atoms with van der Waals surface area (Å²) < 4.78 is 15.8. The number of benzene rings is 1. The van der Waals surface area contributed by atoms with E-state index in [1.54, 1.807) is 21.3 Å². The summed E-state index contributed by atoms with van der Waals surface area (Å²) in [6, 6.07) is 6.35. The Morgan fingerprint density at radius 2 is 1.92 bits per heavy atom. The Kier molecular flexibility index (Phi) is 8.34. The van der Waals surface area contributed by atoms with E-state index in [0.717, 1.165) is 68.8 Å². The first-order valence-electron chi connectivity index (χ1n) is 9.22. The van der Waals surface area contributed by atoms with E-state index in [4.69, 9.17) is 14.2 Å². The van der Waals surface area contributed by atoms with Crippen molar-refractivity contribution in [3.63, 3.8) is 0 Å². The fourth-order valence-electron chi connectivity index (χ4n) is 3.00. The summed E-state index contributed by atoms with van der Waals surface area (Å²) in [6.45, 7) is 6.32. The molecule has 0 aliphatic carbocycles. The van der Waals surface area contributed by atoms with Crippen molar-refractivity contribution in [2.45, 2.75) is 25.8 Å². The molecule has 1 aliphatic rings. The molecule has 1 heterocycles. The Bertz CT molecular complexity index is 558. The highest BCUT2D eigenvalue weighted by Crippen LogP contribution is 2.30. The van der Waals surface area contributed by atoms with Gasteiger partial charge in [-0.25, -0.2) is 0 Å². The number of aliphatic imine (C=N–C) groups is 1. The van der Waals surface area contributed by atoms with Gasteiger partial charge in [0.1, 0.15) is 11.5 Å². The second-order valence-corrected chi connectivity index (χ2v) is 6.25. The van der Waals surface area contributed by atoms with Crippen LogP contribution in [-0.2, 0) is 4.74 Å². The van der Waals surface area contributed by atoms with E-state index in [9.17, 15) is 0 Å². The zero-order valence-corrected chi connectivity index (χ0v) is 16.4. The highest BCUT2D eigenvalue weighted by molar-refractivity contribution is 5.80. The minimum atomic E-state index is 0.354. The zero-order chi connectivity index (χ0) is 18.8. The van der Waals surface area contributed by atoms with Gasteiger partial charge in [-0.1, -0.05) is 0 Å². The van der Waals surface area contributed by atoms with E-state index >= 15 is 0 Å². The van der Waals surface area contributed by atoms with E-state index in [-0.39, 0.29) is 0 Å². The molecule has 1 saturated heterocycles. The first-order valence-corrected chi connectivity index (χ1v) is 9.22. The summed E-state index contributed by atoms with van der Waals surface area (Å²) in [5.41, 5.74) is 1.12. The van der Waals surface area contributed by atoms with Gasteiger partial charge in [-0.05, 0) is 19.8 Å². The van der Waals surface area contributed by atoms with Crippen LogP contribution in [0.25, 0.3) is 0 Å². The largest absolute Gasteiger partial charge is 0.497 e. The van der Waals surface area contributed by atoms with Crippen molar-refractivity contribution in [2.75, 3.05) is 59.0 Å². The smallest absolute Gasteiger partial charge is 0.191 e. The fraction of sp³-hybridized carbons (Fsp3) is 0.632. The molecule has 2 rings (SSSR count). The molecular formula is C19H32N4O3. The second kappa shape index (κ2) is 10.8. The lowest BCUT2D eigenvalue weighted by Crippen LogP contribution is -2.44. The third-order valence-electron chi connectivity index (χ3n) is 4.35. The van der Waals surface area contributed by atoms with Crippen LogP contribution < -0.4 is 25.0 Å². The summed E-state index contributed by atoms with van der Waals surface area (Å²) in [5, 5.41) is 6.86. The monoisotopic (exact) mass is 364 g/mol. The Morgan fingerprint density at radius 1 is 1.19 bits per heavy atom. The van der Waals surface area contributed by atoms with Crippen LogP contribution in [0.3, 0.4) is 0 Å². The van der Waals surface area contributed by atoms with Gasteiger partial charge in [-0.2, -0.15) is 0 Å². The van der Waals surface area contributed by atoms with Crippen LogP contribution in [0.1, 0.15) is 19.8 Å². The maximum atomic E-state index is 5.38. The molecule has 1 aromatic carbocycles. The Labute approximate surface area is 156 Å². The predicted octanol–water partition coefficient (Wildman–Crippen LogP) is 1.87. The van der Waals surface area contributed by atoms with Crippen LogP contribution in [0, 0.1) is 0 Å². The molecule has 1 unspecified atom stereocenters. The summed E-state index contributed by atoms with van der Waals surface area (Å²) in [7, 11) is 5.07. The molecule has 0 amide bonds. The van der Waals surface area contributed by atoms with Gasteiger partial charge in [0.25, 0.3) is 0 Å². The molecule has 1 atom stereocenters. The third kappa shape index (κ3) is 5.98. The molecule has 146 valence electrons. The van der Waals surface area contributed by atoms with E-state index < -0.39 is 0 Å². The van der Waals surface area contributed by atoms with Gasteiger partial charge >= 0.3 is 0 Å². The lowest BCUT2D eigenvalue weighted by Gasteiger charge is -2.21. The Hall–Kier alpha value is -2.15. The second-order valence-electron chi connectivity index (χ2n) is 6.25. The van der Waals surface area contributed by atoms with E-state index in [2.05, 4.69) is 39.6 Å². The summed E-state index contributed by atoms with van der Waals surface area (Å²) in [6.07, 6.45) is 1.98. The number of rotatable bonds is 9. The average Bonchev–Trinajstić information content (AvgIpc) is 3.13. The van der Waals surface area contributed by atoms with Crippen molar-refractivity contribution in [1.29, 1.82) is 0 Å². The molecule has 26 heavy (non-hydrogen) atoms. The first-order chi connectivity index (χ1) is 12.7. The van der Waals surface area contributed by atoms with Gasteiger partial charge in [0.15, 0.2) is 5.96 Å². The highest BCUT2D eigenvalue weighted by Gasteiger charge is 2.24. The van der Waals surface area contributed by atoms with Gasteiger partial charge in [-0.15, -0.1) is 0 Å². The lowest BCUT2D eigenvalue weighted by molar-refractivity contribution is 0.197. The number of hydrogen-bond donors (Lipinski definition) is 2. The number of guanidine groups is 1. The number of methoxy groups -OCH3 is 3. The normalized spacial score (nSPS) is 17.3. The van der Waals surface area contributed by atoms with Crippen LogP contribution in [0.4, 0.5) is 5.69 Å². The van der Waals surface area contributed by atoms with Crippen molar-refractivity contribution >= 4 is 11.6 Å². The number of nitrogens with zero attached hydrogens (tertiary/aromatic N) is 2. The molecule has 0 spiro atoms. The maximum Gasteiger partial charge on any atom is 0.191 e. The van der Waals surface area contributed by atoms with Crippen LogP contribution in [-0.4, -0.2) is 66.1 Å². The van der Waals surface area contributed by atoms with Crippen LogP contribution in [0.2, 0.25) is 0 Å². The number of hydrogen-bond acceptors (Lipinski definition) is 5. The minimum absolute atomic E-state index is 0.354. The van der Waals surface area contributed by atoms with Crippen LogP contribution in [0.5, 0.6) is 11.5 Å². The number of nitrogens with one attached hydrogen (secondary N) is 2. The molecule has 0 bridgehead atoms. The molecule has 2 N–H and O–H groups in total.